The zero-order chi connectivity index (χ0) is 20.7. The predicted molar refractivity (Wildman–Crippen MR) is 121 cm³/mol. The van der Waals surface area contributed by atoms with Gasteiger partial charge in [-0.05, 0) is 63.6 Å². The van der Waals surface area contributed by atoms with Gasteiger partial charge in [0.1, 0.15) is 11.5 Å². The zero-order valence-corrected chi connectivity index (χ0v) is 18.7. The summed E-state index contributed by atoms with van der Waals surface area (Å²) in [4.78, 5) is 17.7. The number of hydrogen-bond donors (Lipinski definition) is 0. The summed E-state index contributed by atoms with van der Waals surface area (Å²) in [5.74, 6) is 1.10. The molecule has 0 radical (unpaired) electrons. The Morgan fingerprint density at radius 1 is 0.862 bits per heavy atom. The Balaban J connectivity index is 1.94. The second-order valence-electron chi connectivity index (χ2n) is 7.08. The molecule has 3 nitrogen and oxygen atoms in total. The Hall–Kier alpha value is -2.63. The van der Waals surface area contributed by atoms with Crippen molar-refractivity contribution in [3.8, 4) is 5.75 Å². The average Bonchev–Trinajstić information content (AvgIpc) is 3.29. The first-order valence-corrected chi connectivity index (χ1v) is 11.0. The summed E-state index contributed by atoms with van der Waals surface area (Å²) in [6.07, 6.45) is 1.93. The monoisotopic (exact) mass is 422 g/mol. The van der Waals surface area contributed by atoms with Gasteiger partial charge in [-0.25, -0.2) is 4.79 Å². The molecule has 2 aromatic heterocycles. The molecule has 5 heteroatoms. The molecule has 0 saturated carbocycles. The molecule has 0 aliphatic carbocycles. The highest BCUT2D eigenvalue weighted by atomic mass is 32.1. The lowest BCUT2D eigenvalue weighted by Crippen LogP contribution is -1.98. The fraction of sp³-hybridized carbons (Fsp3) is 0.208. The maximum absolute atomic E-state index is 13.0. The van der Waals surface area contributed by atoms with Crippen LogP contribution >= 0.6 is 22.7 Å². The van der Waals surface area contributed by atoms with Crippen LogP contribution in [0.25, 0.3) is 17.2 Å². The molecule has 148 valence electrons. The molecule has 1 aliphatic heterocycles. The number of ether oxygens (including phenoxy) is 2. The van der Waals surface area contributed by atoms with Gasteiger partial charge in [0.15, 0.2) is 0 Å². The van der Waals surface area contributed by atoms with Crippen LogP contribution in [0.1, 0.15) is 36.2 Å². The Bertz CT molecular complexity index is 1160. The standard InChI is InChI=1S/C24H22O3S2/c1-13-10-19(15(3)28-13)22-21(12-17-6-8-18(26-5)9-7-17)27-24(25)23(22)20-11-14(2)29-16(20)4/h6-12H,1-5H3/b21-12-. The van der Waals surface area contributed by atoms with Crippen LogP contribution in [-0.2, 0) is 9.53 Å². The highest BCUT2D eigenvalue weighted by molar-refractivity contribution is 7.12. The predicted octanol–water partition coefficient (Wildman–Crippen LogP) is 6.56. The number of aryl methyl sites for hydroxylation is 4. The smallest absolute Gasteiger partial charge is 0.344 e. The minimum Gasteiger partial charge on any atom is -0.497 e. The summed E-state index contributed by atoms with van der Waals surface area (Å²) in [5, 5.41) is 0. The van der Waals surface area contributed by atoms with E-state index < -0.39 is 0 Å². The lowest BCUT2D eigenvalue weighted by molar-refractivity contribution is -0.131. The number of hydrogen-bond acceptors (Lipinski definition) is 5. The van der Waals surface area contributed by atoms with Gasteiger partial charge in [0.25, 0.3) is 0 Å². The van der Waals surface area contributed by atoms with Gasteiger partial charge >= 0.3 is 5.97 Å². The van der Waals surface area contributed by atoms with Gasteiger partial charge in [-0.15, -0.1) is 22.7 Å². The van der Waals surface area contributed by atoms with Gasteiger partial charge < -0.3 is 9.47 Å². The number of esters is 1. The molecule has 0 atom stereocenters. The van der Waals surface area contributed by atoms with Crippen molar-refractivity contribution >= 4 is 45.9 Å². The normalized spacial score (nSPS) is 15.3. The molecule has 0 amide bonds. The molecule has 4 rings (SSSR count). The van der Waals surface area contributed by atoms with E-state index in [-0.39, 0.29) is 5.97 Å². The van der Waals surface area contributed by atoms with Crippen molar-refractivity contribution in [1.82, 2.24) is 0 Å². The summed E-state index contributed by atoms with van der Waals surface area (Å²) in [7, 11) is 1.65. The Morgan fingerprint density at radius 3 is 1.90 bits per heavy atom. The third-order valence-electron chi connectivity index (χ3n) is 4.94. The largest absolute Gasteiger partial charge is 0.497 e. The summed E-state index contributed by atoms with van der Waals surface area (Å²) >= 11 is 3.44. The molecular formula is C24H22O3S2. The number of carbonyl (C=O) groups excluding carboxylic acids is 1. The first-order chi connectivity index (χ1) is 13.9. The number of allylic oxidation sites excluding steroid dienone is 1. The van der Waals surface area contributed by atoms with Crippen LogP contribution in [0.3, 0.4) is 0 Å². The van der Waals surface area contributed by atoms with Crippen molar-refractivity contribution in [2.75, 3.05) is 7.11 Å². The SMILES string of the molecule is COc1ccc(/C=C2\OC(=O)C(c3cc(C)sc3C)=C2c2cc(C)sc2C)cc1. The van der Waals surface area contributed by atoms with E-state index in [1.807, 2.05) is 30.3 Å². The number of benzene rings is 1. The van der Waals surface area contributed by atoms with Crippen LogP contribution in [0.15, 0.2) is 42.2 Å². The van der Waals surface area contributed by atoms with Crippen LogP contribution < -0.4 is 4.74 Å². The average molecular weight is 423 g/mol. The van der Waals surface area contributed by atoms with Crippen molar-refractivity contribution < 1.29 is 14.3 Å². The molecule has 3 heterocycles. The van der Waals surface area contributed by atoms with E-state index in [4.69, 9.17) is 9.47 Å². The van der Waals surface area contributed by atoms with E-state index in [0.29, 0.717) is 11.3 Å². The van der Waals surface area contributed by atoms with E-state index in [0.717, 1.165) is 32.9 Å². The summed E-state index contributed by atoms with van der Waals surface area (Å²) in [6, 6.07) is 12.0. The molecule has 1 aromatic carbocycles. The van der Waals surface area contributed by atoms with E-state index in [1.165, 1.54) is 14.6 Å². The molecule has 0 N–H and O–H groups in total. The van der Waals surface area contributed by atoms with Gasteiger partial charge in [0, 0.05) is 36.2 Å². The van der Waals surface area contributed by atoms with Crippen LogP contribution in [0.2, 0.25) is 0 Å². The number of rotatable bonds is 4. The number of cyclic esters (lactones) is 1. The van der Waals surface area contributed by atoms with Crippen LogP contribution in [0.4, 0.5) is 0 Å². The van der Waals surface area contributed by atoms with Gasteiger partial charge in [-0.2, -0.15) is 0 Å². The zero-order valence-electron chi connectivity index (χ0n) is 17.1. The summed E-state index contributed by atoms with van der Waals surface area (Å²) in [5.41, 5.74) is 4.53. The second kappa shape index (κ2) is 7.65. The van der Waals surface area contributed by atoms with E-state index >= 15 is 0 Å². The summed E-state index contributed by atoms with van der Waals surface area (Å²) < 4.78 is 11.1. The van der Waals surface area contributed by atoms with E-state index in [1.54, 1.807) is 29.8 Å². The molecule has 29 heavy (non-hydrogen) atoms. The fourth-order valence-corrected chi connectivity index (χ4v) is 5.51. The fourth-order valence-electron chi connectivity index (χ4n) is 3.65. The molecule has 0 bridgehead atoms. The second-order valence-corrected chi connectivity index (χ2v) is 10.00. The lowest BCUT2D eigenvalue weighted by Gasteiger charge is -2.06. The molecule has 0 fully saturated rings. The maximum atomic E-state index is 13.0. The number of thiophene rings is 2. The minimum absolute atomic E-state index is 0.288. The van der Waals surface area contributed by atoms with Gasteiger partial charge in [0.05, 0.1) is 12.7 Å². The van der Waals surface area contributed by atoms with Crippen LogP contribution in [0.5, 0.6) is 5.75 Å². The van der Waals surface area contributed by atoms with Crippen LogP contribution in [-0.4, -0.2) is 13.1 Å². The Morgan fingerprint density at radius 2 is 1.41 bits per heavy atom. The molecular weight excluding hydrogens is 400 g/mol. The third kappa shape index (κ3) is 3.68. The number of methoxy groups -OCH3 is 1. The number of carbonyl (C=O) groups is 1. The van der Waals surface area contributed by atoms with Gasteiger partial charge in [-0.1, -0.05) is 12.1 Å². The van der Waals surface area contributed by atoms with Gasteiger partial charge in [0.2, 0.25) is 0 Å². The molecule has 0 saturated heterocycles. The first-order valence-electron chi connectivity index (χ1n) is 9.34. The van der Waals surface area contributed by atoms with Crippen molar-refractivity contribution in [3.63, 3.8) is 0 Å². The topological polar surface area (TPSA) is 35.5 Å². The maximum Gasteiger partial charge on any atom is 0.344 e. The van der Waals surface area contributed by atoms with Crippen molar-refractivity contribution in [2.45, 2.75) is 27.7 Å². The summed E-state index contributed by atoms with van der Waals surface area (Å²) in [6.45, 7) is 8.31. The van der Waals surface area contributed by atoms with Crippen LogP contribution in [0, 0.1) is 27.7 Å². The first kappa shape index (κ1) is 19.7. The van der Waals surface area contributed by atoms with Crippen molar-refractivity contribution in [1.29, 1.82) is 0 Å². The molecule has 0 spiro atoms. The highest BCUT2D eigenvalue weighted by Gasteiger charge is 2.34. The molecule has 1 aliphatic rings. The van der Waals surface area contributed by atoms with Crippen molar-refractivity contribution in [3.05, 3.63) is 78.4 Å². The Kier molecular flexibility index (Phi) is 5.19. The highest BCUT2D eigenvalue weighted by Crippen LogP contribution is 2.45. The van der Waals surface area contributed by atoms with Gasteiger partial charge in [-0.3, -0.25) is 0 Å². The Labute approximate surface area is 178 Å². The quantitative estimate of drug-likeness (QED) is 0.447. The minimum atomic E-state index is -0.288. The molecule has 0 unspecified atom stereocenters. The van der Waals surface area contributed by atoms with E-state index in [9.17, 15) is 4.79 Å². The third-order valence-corrected chi connectivity index (χ3v) is 6.87. The lowest BCUT2D eigenvalue weighted by atomic mass is 9.94. The van der Waals surface area contributed by atoms with Crippen molar-refractivity contribution in [2.24, 2.45) is 0 Å². The molecule has 3 aromatic rings. The van der Waals surface area contributed by atoms with E-state index in [2.05, 4.69) is 39.8 Å².